The summed E-state index contributed by atoms with van der Waals surface area (Å²) in [4.78, 5) is 27.4. The highest BCUT2D eigenvalue weighted by Crippen LogP contribution is 2.32. The second-order valence-corrected chi connectivity index (χ2v) is 7.57. The molecule has 164 valence electrons. The van der Waals surface area contributed by atoms with E-state index in [-0.39, 0.29) is 24.6 Å². The summed E-state index contributed by atoms with van der Waals surface area (Å²) >= 11 is 0. The number of nitrogens with one attached hydrogen (secondary N) is 2. The third-order valence-electron chi connectivity index (χ3n) is 5.55. The molecule has 4 rings (SSSR count). The van der Waals surface area contributed by atoms with Crippen molar-refractivity contribution < 1.29 is 23.8 Å². The van der Waals surface area contributed by atoms with Crippen LogP contribution in [0.15, 0.2) is 42.5 Å². The normalized spacial score (nSPS) is 15.6. The van der Waals surface area contributed by atoms with Crippen LogP contribution >= 0.6 is 0 Å². The summed E-state index contributed by atoms with van der Waals surface area (Å²) in [5.41, 5.74) is 2.13. The molecular weight excluding hydrogens is 398 g/mol. The van der Waals surface area contributed by atoms with Gasteiger partial charge < -0.3 is 29.7 Å². The Balaban J connectivity index is 1.34. The van der Waals surface area contributed by atoms with Crippen LogP contribution in [0.2, 0.25) is 0 Å². The van der Waals surface area contributed by atoms with Crippen molar-refractivity contribution in [3.8, 4) is 11.5 Å². The Morgan fingerprint density at radius 1 is 1.06 bits per heavy atom. The van der Waals surface area contributed by atoms with Crippen molar-refractivity contribution in [2.24, 2.45) is 0 Å². The zero-order chi connectivity index (χ0) is 21.6. The largest absolute Gasteiger partial charge is 0.454 e. The molecule has 0 saturated carbocycles. The van der Waals surface area contributed by atoms with E-state index in [4.69, 9.17) is 14.2 Å². The first kappa shape index (κ1) is 21.0. The van der Waals surface area contributed by atoms with Crippen LogP contribution in [0, 0.1) is 0 Å². The Morgan fingerprint density at radius 2 is 1.84 bits per heavy atom. The molecule has 2 N–H and O–H groups in total. The number of amides is 2. The Hall–Kier alpha value is -3.26. The van der Waals surface area contributed by atoms with Crippen molar-refractivity contribution >= 4 is 17.5 Å². The Morgan fingerprint density at radius 3 is 2.65 bits per heavy atom. The lowest BCUT2D eigenvalue weighted by atomic mass is 10.0. The maximum absolute atomic E-state index is 12.6. The maximum atomic E-state index is 12.6. The number of anilines is 1. The number of hydrogen-bond acceptors (Lipinski definition) is 6. The second-order valence-electron chi connectivity index (χ2n) is 7.57. The first-order chi connectivity index (χ1) is 15.2. The molecule has 0 spiro atoms. The number of benzene rings is 2. The number of hydrogen-bond donors (Lipinski definition) is 2. The lowest BCUT2D eigenvalue weighted by Crippen LogP contribution is -2.45. The monoisotopic (exact) mass is 425 g/mol. The topological polar surface area (TPSA) is 89.1 Å². The van der Waals surface area contributed by atoms with Gasteiger partial charge in [-0.15, -0.1) is 0 Å². The summed E-state index contributed by atoms with van der Waals surface area (Å²) in [6.45, 7) is 2.65. The average Bonchev–Trinajstić information content (AvgIpc) is 3.28. The second kappa shape index (κ2) is 9.70. The zero-order valence-corrected chi connectivity index (χ0v) is 17.6. The molecular formula is C23H27N3O5. The van der Waals surface area contributed by atoms with Gasteiger partial charge in [0, 0.05) is 44.0 Å². The molecule has 2 aliphatic heterocycles. The Kier molecular flexibility index (Phi) is 6.57. The minimum atomic E-state index is -0.116. The van der Waals surface area contributed by atoms with Gasteiger partial charge in [0.15, 0.2) is 11.5 Å². The molecule has 0 atom stereocenters. The van der Waals surface area contributed by atoms with Gasteiger partial charge in [0.1, 0.15) is 0 Å². The van der Waals surface area contributed by atoms with Crippen molar-refractivity contribution in [2.45, 2.75) is 18.9 Å². The number of ether oxygens (including phenoxy) is 3. The van der Waals surface area contributed by atoms with E-state index in [9.17, 15) is 9.59 Å². The number of rotatable bonds is 7. The molecule has 1 fully saturated rings. The van der Waals surface area contributed by atoms with Crippen LogP contribution in [-0.4, -0.2) is 58.0 Å². The van der Waals surface area contributed by atoms with E-state index in [0.29, 0.717) is 35.8 Å². The van der Waals surface area contributed by atoms with E-state index < -0.39 is 0 Å². The lowest BCUT2D eigenvalue weighted by Gasteiger charge is -2.35. The van der Waals surface area contributed by atoms with Crippen LogP contribution in [0.3, 0.4) is 0 Å². The molecule has 0 aliphatic carbocycles. The number of carbonyl (C=O) groups excluding carboxylic acids is 2. The van der Waals surface area contributed by atoms with Crippen LogP contribution in [0.1, 0.15) is 33.6 Å². The van der Waals surface area contributed by atoms with Crippen molar-refractivity contribution in [1.82, 2.24) is 10.6 Å². The standard InChI is InChI=1S/C23H27N3O5/c1-29-13-10-24-23(28)18-4-2-3-5-19(18)26-11-8-17(9-12-26)25-22(27)16-6-7-20-21(14-16)31-15-30-20/h2-7,14,17H,8-13,15H2,1H3,(H,24,28)(H,25,27). The average molecular weight is 425 g/mol. The van der Waals surface area contributed by atoms with E-state index in [2.05, 4.69) is 15.5 Å². The van der Waals surface area contributed by atoms with Gasteiger partial charge in [0.25, 0.3) is 11.8 Å². The minimum absolute atomic E-state index is 0.0804. The molecule has 0 bridgehead atoms. The number of carbonyl (C=O) groups is 2. The Labute approximate surface area is 181 Å². The summed E-state index contributed by atoms with van der Waals surface area (Å²) in [6, 6.07) is 12.9. The van der Waals surface area contributed by atoms with Gasteiger partial charge in [-0.3, -0.25) is 9.59 Å². The van der Waals surface area contributed by atoms with E-state index in [1.54, 1.807) is 25.3 Å². The van der Waals surface area contributed by atoms with E-state index >= 15 is 0 Å². The molecule has 2 heterocycles. The first-order valence-corrected chi connectivity index (χ1v) is 10.5. The summed E-state index contributed by atoms with van der Waals surface area (Å²) < 4.78 is 15.7. The quantitative estimate of drug-likeness (QED) is 0.661. The molecule has 1 saturated heterocycles. The highest BCUT2D eigenvalue weighted by atomic mass is 16.7. The number of methoxy groups -OCH3 is 1. The Bertz CT molecular complexity index is 941. The molecule has 0 unspecified atom stereocenters. The fraction of sp³-hybridized carbons (Fsp3) is 0.391. The predicted octanol–water partition coefficient (Wildman–Crippen LogP) is 2.19. The molecule has 2 aromatic rings. The molecule has 31 heavy (non-hydrogen) atoms. The van der Waals surface area contributed by atoms with Gasteiger partial charge in [0.05, 0.1) is 12.2 Å². The van der Waals surface area contributed by atoms with Crippen LogP contribution < -0.4 is 25.0 Å². The van der Waals surface area contributed by atoms with E-state index in [0.717, 1.165) is 31.6 Å². The van der Waals surface area contributed by atoms with Gasteiger partial charge in [-0.2, -0.15) is 0 Å². The summed E-state index contributed by atoms with van der Waals surface area (Å²) in [6.07, 6.45) is 1.60. The molecule has 0 aromatic heterocycles. The lowest BCUT2D eigenvalue weighted by molar-refractivity contribution is 0.0927. The molecule has 8 heteroatoms. The van der Waals surface area contributed by atoms with Crippen molar-refractivity contribution in [3.63, 3.8) is 0 Å². The summed E-state index contributed by atoms with van der Waals surface area (Å²) in [5, 5.41) is 6.00. The van der Waals surface area contributed by atoms with Crippen LogP contribution in [0.25, 0.3) is 0 Å². The SMILES string of the molecule is COCCNC(=O)c1ccccc1N1CCC(NC(=O)c2ccc3c(c2)OCO3)CC1. The number of para-hydroxylation sites is 1. The van der Waals surface area contributed by atoms with Crippen molar-refractivity contribution in [3.05, 3.63) is 53.6 Å². The third kappa shape index (κ3) is 4.91. The molecule has 2 amide bonds. The molecule has 0 radical (unpaired) electrons. The fourth-order valence-corrected chi connectivity index (χ4v) is 3.87. The highest BCUT2D eigenvalue weighted by molar-refractivity contribution is 6.00. The van der Waals surface area contributed by atoms with Gasteiger partial charge >= 0.3 is 0 Å². The van der Waals surface area contributed by atoms with Crippen LogP contribution in [0.4, 0.5) is 5.69 Å². The third-order valence-corrected chi connectivity index (χ3v) is 5.55. The molecule has 8 nitrogen and oxygen atoms in total. The predicted molar refractivity (Wildman–Crippen MR) is 116 cm³/mol. The number of fused-ring (bicyclic) bond motifs is 1. The minimum Gasteiger partial charge on any atom is -0.454 e. The van der Waals surface area contributed by atoms with E-state index in [1.807, 2.05) is 24.3 Å². The van der Waals surface area contributed by atoms with Gasteiger partial charge in [0.2, 0.25) is 6.79 Å². The van der Waals surface area contributed by atoms with Gasteiger partial charge in [-0.1, -0.05) is 12.1 Å². The van der Waals surface area contributed by atoms with Gasteiger partial charge in [-0.25, -0.2) is 0 Å². The van der Waals surface area contributed by atoms with E-state index in [1.165, 1.54) is 0 Å². The summed E-state index contributed by atoms with van der Waals surface area (Å²) in [7, 11) is 1.61. The smallest absolute Gasteiger partial charge is 0.253 e. The zero-order valence-electron chi connectivity index (χ0n) is 17.6. The van der Waals surface area contributed by atoms with Crippen molar-refractivity contribution in [1.29, 1.82) is 0 Å². The number of piperidine rings is 1. The van der Waals surface area contributed by atoms with Gasteiger partial charge in [-0.05, 0) is 43.2 Å². The summed E-state index contributed by atoms with van der Waals surface area (Å²) in [5.74, 6) is 1.04. The van der Waals surface area contributed by atoms with Crippen molar-refractivity contribution in [2.75, 3.05) is 45.0 Å². The molecule has 2 aromatic carbocycles. The number of nitrogens with zero attached hydrogens (tertiary/aromatic N) is 1. The van der Waals surface area contributed by atoms with Crippen LogP contribution in [-0.2, 0) is 4.74 Å². The highest BCUT2D eigenvalue weighted by Gasteiger charge is 2.25. The first-order valence-electron chi connectivity index (χ1n) is 10.5. The fourth-order valence-electron chi connectivity index (χ4n) is 3.87. The maximum Gasteiger partial charge on any atom is 0.253 e. The molecule has 2 aliphatic rings. The van der Waals surface area contributed by atoms with Crippen LogP contribution in [0.5, 0.6) is 11.5 Å².